The molecule has 2 heteroatoms. The van der Waals surface area contributed by atoms with Gasteiger partial charge in [0.2, 0.25) is 0 Å². The fourth-order valence-electron chi connectivity index (χ4n) is 2.14. The molecular formula is C15H23NO. The summed E-state index contributed by atoms with van der Waals surface area (Å²) in [5.41, 5.74) is 10.9. The topological polar surface area (TPSA) is 43.1 Å². The summed E-state index contributed by atoms with van der Waals surface area (Å²) in [5.74, 6) is 0.152. The molecule has 0 aliphatic carbocycles. The van der Waals surface area contributed by atoms with Crippen molar-refractivity contribution in [3.8, 4) is 0 Å². The van der Waals surface area contributed by atoms with E-state index in [1.165, 1.54) is 11.1 Å². The highest BCUT2D eigenvalue weighted by atomic mass is 16.1. The molecule has 0 spiro atoms. The molecule has 0 amide bonds. The first-order valence-electron chi connectivity index (χ1n) is 6.03. The van der Waals surface area contributed by atoms with E-state index in [1.54, 1.807) is 0 Å². The molecule has 0 unspecified atom stereocenters. The quantitative estimate of drug-likeness (QED) is 0.814. The van der Waals surface area contributed by atoms with Gasteiger partial charge in [-0.1, -0.05) is 6.07 Å². The Balaban J connectivity index is 3.27. The molecule has 1 aromatic rings. The van der Waals surface area contributed by atoms with Crippen LogP contribution in [-0.4, -0.2) is 11.3 Å². The van der Waals surface area contributed by atoms with Gasteiger partial charge in [-0.25, -0.2) is 0 Å². The zero-order valence-electron chi connectivity index (χ0n) is 11.8. The maximum absolute atomic E-state index is 12.3. The number of Topliss-reactive ketones (excluding diaryl/α,β-unsaturated/α-hetero) is 1. The van der Waals surface area contributed by atoms with Gasteiger partial charge in [-0.05, 0) is 63.8 Å². The summed E-state index contributed by atoms with van der Waals surface area (Å²) in [7, 11) is 0. The number of rotatable bonds is 3. The predicted octanol–water partition coefficient (Wildman–Crippen LogP) is 3.23. The van der Waals surface area contributed by atoms with Crippen molar-refractivity contribution >= 4 is 5.78 Å². The maximum atomic E-state index is 12.3. The Morgan fingerprint density at radius 1 is 1.12 bits per heavy atom. The summed E-state index contributed by atoms with van der Waals surface area (Å²) in [5, 5.41) is 0. The second kappa shape index (κ2) is 4.61. The third kappa shape index (κ3) is 3.16. The number of carbonyl (C=O) groups excluding carboxylic acids is 1. The van der Waals surface area contributed by atoms with Crippen LogP contribution in [0.5, 0.6) is 0 Å². The summed E-state index contributed by atoms with van der Waals surface area (Å²) in [6.45, 7) is 11.9. The number of benzene rings is 1. The molecule has 0 heterocycles. The van der Waals surface area contributed by atoms with E-state index < -0.39 is 5.54 Å². The molecule has 0 aromatic heterocycles. The highest BCUT2D eigenvalue weighted by Crippen LogP contribution is 2.24. The van der Waals surface area contributed by atoms with E-state index >= 15 is 0 Å². The fourth-order valence-corrected chi connectivity index (χ4v) is 2.14. The zero-order chi connectivity index (χ0) is 13.4. The SMILES string of the molecule is Cc1cc(C)c(C)c(C(=O)CC(C)(C)N)c1C. The molecule has 0 aliphatic rings. The summed E-state index contributed by atoms with van der Waals surface area (Å²) < 4.78 is 0. The molecule has 0 saturated carbocycles. The van der Waals surface area contributed by atoms with Gasteiger partial charge in [0.15, 0.2) is 5.78 Å². The summed E-state index contributed by atoms with van der Waals surface area (Å²) in [6.07, 6.45) is 0.386. The molecular weight excluding hydrogens is 210 g/mol. The van der Waals surface area contributed by atoms with E-state index in [4.69, 9.17) is 5.73 Å². The number of nitrogens with two attached hydrogens (primary N) is 1. The van der Waals surface area contributed by atoms with Crippen molar-refractivity contribution < 1.29 is 4.79 Å². The Morgan fingerprint density at radius 3 is 1.88 bits per heavy atom. The van der Waals surface area contributed by atoms with E-state index in [9.17, 15) is 4.79 Å². The fraction of sp³-hybridized carbons (Fsp3) is 0.533. The molecule has 0 radical (unpaired) electrons. The van der Waals surface area contributed by atoms with Crippen molar-refractivity contribution in [2.75, 3.05) is 0 Å². The Labute approximate surface area is 104 Å². The zero-order valence-corrected chi connectivity index (χ0v) is 11.8. The summed E-state index contributed by atoms with van der Waals surface area (Å²) >= 11 is 0. The molecule has 0 saturated heterocycles. The first-order valence-corrected chi connectivity index (χ1v) is 6.03. The van der Waals surface area contributed by atoms with Crippen molar-refractivity contribution in [2.45, 2.75) is 53.5 Å². The van der Waals surface area contributed by atoms with Crippen LogP contribution in [0.3, 0.4) is 0 Å². The number of aryl methyl sites for hydroxylation is 2. The Hall–Kier alpha value is -1.15. The third-order valence-electron chi connectivity index (χ3n) is 3.26. The van der Waals surface area contributed by atoms with Crippen LogP contribution >= 0.6 is 0 Å². The van der Waals surface area contributed by atoms with Crippen molar-refractivity contribution in [3.63, 3.8) is 0 Å². The highest BCUT2D eigenvalue weighted by molar-refractivity contribution is 6.00. The first kappa shape index (κ1) is 13.9. The number of ketones is 1. The third-order valence-corrected chi connectivity index (χ3v) is 3.26. The molecule has 0 fully saturated rings. The van der Waals surface area contributed by atoms with Crippen LogP contribution in [0.25, 0.3) is 0 Å². The molecule has 17 heavy (non-hydrogen) atoms. The predicted molar refractivity (Wildman–Crippen MR) is 72.6 cm³/mol. The normalized spacial score (nSPS) is 11.7. The molecule has 0 aliphatic heterocycles. The van der Waals surface area contributed by atoms with Gasteiger partial charge in [0.25, 0.3) is 0 Å². The summed E-state index contributed by atoms with van der Waals surface area (Å²) in [4.78, 5) is 12.3. The van der Waals surface area contributed by atoms with Gasteiger partial charge in [-0.2, -0.15) is 0 Å². The van der Waals surface area contributed by atoms with E-state index in [0.29, 0.717) is 6.42 Å². The Morgan fingerprint density at radius 2 is 1.53 bits per heavy atom. The first-order chi connectivity index (χ1) is 7.63. The van der Waals surface area contributed by atoms with Crippen LogP contribution in [0.4, 0.5) is 0 Å². The van der Waals surface area contributed by atoms with Crippen molar-refractivity contribution in [1.29, 1.82) is 0 Å². The molecule has 0 bridgehead atoms. The van der Waals surface area contributed by atoms with Crippen LogP contribution in [0.15, 0.2) is 6.07 Å². The lowest BCUT2D eigenvalue weighted by atomic mass is 9.87. The van der Waals surface area contributed by atoms with E-state index in [2.05, 4.69) is 6.07 Å². The average molecular weight is 233 g/mol. The monoisotopic (exact) mass is 233 g/mol. The molecule has 1 rings (SSSR count). The van der Waals surface area contributed by atoms with E-state index in [-0.39, 0.29) is 5.78 Å². The van der Waals surface area contributed by atoms with Crippen LogP contribution < -0.4 is 5.73 Å². The van der Waals surface area contributed by atoms with Crippen LogP contribution in [0.1, 0.15) is 52.9 Å². The van der Waals surface area contributed by atoms with Crippen LogP contribution in [0, 0.1) is 27.7 Å². The second-order valence-corrected chi connectivity index (χ2v) is 5.72. The lowest BCUT2D eigenvalue weighted by molar-refractivity contribution is 0.0959. The Kier molecular flexibility index (Phi) is 3.78. The minimum absolute atomic E-state index is 0.152. The van der Waals surface area contributed by atoms with E-state index in [1.807, 2.05) is 41.5 Å². The van der Waals surface area contributed by atoms with Gasteiger partial charge in [0.1, 0.15) is 0 Å². The number of hydrogen-bond donors (Lipinski definition) is 1. The van der Waals surface area contributed by atoms with Gasteiger partial charge in [-0.15, -0.1) is 0 Å². The molecule has 94 valence electrons. The number of carbonyl (C=O) groups is 1. The van der Waals surface area contributed by atoms with Crippen molar-refractivity contribution in [3.05, 3.63) is 33.9 Å². The molecule has 0 atom stereocenters. The van der Waals surface area contributed by atoms with Gasteiger partial charge in [0.05, 0.1) is 0 Å². The lowest BCUT2D eigenvalue weighted by Gasteiger charge is -2.20. The van der Waals surface area contributed by atoms with Gasteiger partial charge in [-0.3, -0.25) is 4.79 Å². The highest BCUT2D eigenvalue weighted by Gasteiger charge is 2.21. The summed E-state index contributed by atoms with van der Waals surface area (Å²) in [6, 6.07) is 2.13. The van der Waals surface area contributed by atoms with Gasteiger partial charge >= 0.3 is 0 Å². The van der Waals surface area contributed by atoms with Gasteiger partial charge in [0, 0.05) is 17.5 Å². The van der Waals surface area contributed by atoms with Gasteiger partial charge < -0.3 is 5.73 Å². The van der Waals surface area contributed by atoms with E-state index in [0.717, 1.165) is 16.7 Å². The van der Waals surface area contributed by atoms with Crippen molar-refractivity contribution in [2.24, 2.45) is 5.73 Å². The molecule has 2 N–H and O–H groups in total. The van der Waals surface area contributed by atoms with Crippen LogP contribution in [-0.2, 0) is 0 Å². The minimum atomic E-state index is -0.451. The number of hydrogen-bond acceptors (Lipinski definition) is 2. The standard InChI is InChI=1S/C15H23NO/c1-9-7-10(2)12(4)14(11(9)3)13(17)8-15(5,6)16/h7H,8,16H2,1-6H3. The maximum Gasteiger partial charge on any atom is 0.165 e. The smallest absolute Gasteiger partial charge is 0.165 e. The van der Waals surface area contributed by atoms with Crippen LogP contribution in [0.2, 0.25) is 0 Å². The second-order valence-electron chi connectivity index (χ2n) is 5.72. The molecule has 2 nitrogen and oxygen atoms in total. The molecule has 1 aromatic carbocycles. The lowest BCUT2D eigenvalue weighted by Crippen LogP contribution is -2.35. The average Bonchev–Trinajstić information content (AvgIpc) is 2.12. The Bertz CT molecular complexity index is 427. The van der Waals surface area contributed by atoms with Crippen molar-refractivity contribution in [1.82, 2.24) is 0 Å². The largest absolute Gasteiger partial charge is 0.325 e. The minimum Gasteiger partial charge on any atom is -0.325 e.